The third-order valence-electron chi connectivity index (χ3n) is 5.57. The van der Waals surface area contributed by atoms with Crippen molar-refractivity contribution in [2.75, 3.05) is 7.05 Å². The molecule has 28 heavy (non-hydrogen) atoms. The Morgan fingerprint density at radius 3 is 2.79 bits per heavy atom. The van der Waals surface area contributed by atoms with Gasteiger partial charge >= 0.3 is 0 Å². The number of rotatable bonds is 3. The maximum atomic E-state index is 13.7. The van der Waals surface area contributed by atoms with E-state index < -0.39 is 11.4 Å². The van der Waals surface area contributed by atoms with Crippen molar-refractivity contribution in [1.29, 1.82) is 5.26 Å². The summed E-state index contributed by atoms with van der Waals surface area (Å²) in [5, 5.41) is 9.12. The van der Waals surface area contributed by atoms with E-state index in [-0.39, 0.29) is 23.3 Å². The number of thiophene rings is 1. The largest absolute Gasteiger partial charge is 0.369 e. The Hall–Kier alpha value is -2.24. The van der Waals surface area contributed by atoms with Gasteiger partial charge in [0.05, 0.1) is 15.3 Å². The minimum absolute atomic E-state index is 0.00267. The van der Waals surface area contributed by atoms with Crippen molar-refractivity contribution in [2.24, 2.45) is 22.6 Å². The van der Waals surface area contributed by atoms with Crippen molar-refractivity contribution >= 4 is 39.1 Å². The van der Waals surface area contributed by atoms with Crippen molar-refractivity contribution in [3.05, 3.63) is 44.3 Å². The molecule has 1 aliphatic heterocycles. The Kier molecular flexibility index (Phi) is 4.55. The molecule has 2 aromatic rings. The van der Waals surface area contributed by atoms with Crippen molar-refractivity contribution in [3.8, 4) is 17.2 Å². The highest BCUT2D eigenvalue weighted by Gasteiger charge is 2.53. The summed E-state index contributed by atoms with van der Waals surface area (Å²) in [6.07, 6.45) is 2.02. The van der Waals surface area contributed by atoms with E-state index in [9.17, 15) is 9.18 Å². The number of nitrogens with two attached hydrogens (primary N) is 1. The molecule has 144 valence electrons. The number of halogens is 2. The van der Waals surface area contributed by atoms with Gasteiger partial charge in [-0.1, -0.05) is 6.07 Å². The van der Waals surface area contributed by atoms with Crippen LogP contribution in [0.5, 0.6) is 0 Å². The molecule has 2 heterocycles. The molecule has 8 heteroatoms. The van der Waals surface area contributed by atoms with Gasteiger partial charge in [0.15, 0.2) is 5.96 Å². The number of carbonyl (C=O) groups excluding carboxylic acids is 1. The van der Waals surface area contributed by atoms with Crippen LogP contribution in [-0.2, 0) is 10.3 Å². The van der Waals surface area contributed by atoms with Gasteiger partial charge in [-0.2, -0.15) is 5.26 Å². The summed E-state index contributed by atoms with van der Waals surface area (Å²) in [5.74, 6) is -0.291. The van der Waals surface area contributed by atoms with E-state index in [0.29, 0.717) is 5.92 Å². The van der Waals surface area contributed by atoms with E-state index in [4.69, 9.17) is 16.0 Å². The van der Waals surface area contributed by atoms with E-state index >= 15 is 0 Å². The lowest BCUT2D eigenvalue weighted by molar-refractivity contribution is -0.134. The third-order valence-corrected chi connectivity index (χ3v) is 7.63. The lowest BCUT2D eigenvalue weighted by Gasteiger charge is -2.40. The normalized spacial score (nSPS) is 24.8. The topological polar surface area (TPSA) is 82.5 Å². The van der Waals surface area contributed by atoms with Crippen molar-refractivity contribution in [2.45, 2.75) is 25.3 Å². The molecule has 1 fully saturated rings. The van der Waals surface area contributed by atoms with Gasteiger partial charge in [0.1, 0.15) is 17.4 Å². The van der Waals surface area contributed by atoms with Crippen LogP contribution in [0.2, 0.25) is 0 Å². The molecule has 1 aromatic carbocycles. The van der Waals surface area contributed by atoms with Gasteiger partial charge in [0.25, 0.3) is 0 Å². The van der Waals surface area contributed by atoms with Crippen LogP contribution < -0.4 is 5.73 Å². The zero-order valence-corrected chi connectivity index (χ0v) is 17.8. The second-order valence-corrected chi connectivity index (χ2v) is 9.80. The number of aliphatic imine (C=N–C) groups is 1. The molecular formula is C20H18BrFN4OS. The molecule has 1 saturated carbocycles. The monoisotopic (exact) mass is 460 g/mol. The quantitative estimate of drug-likeness (QED) is 0.743. The lowest BCUT2D eigenvalue weighted by Crippen LogP contribution is -2.54. The number of hydrogen-bond acceptors (Lipinski definition) is 5. The average Bonchev–Trinajstić information content (AvgIpc) is 3.40. The summed E-state index contributed by atoms with van der Waals surface area (Å²) in [7, 11) is 1.66. The fourth-order valence-corrected chi connectivity index (χ4v) is 5.74. The minimum atomic E-state index is -0.752. The number of amides is 1. The Balaban J connectivity index is 1.83. The second-order valence-electron chi connectivity index (χ2n) is 7.43. The van der Waals surface area contributed by atoms with Gasteiger partial charge in [0, 0.05) is 17.5 Å². The Morgan fingerprint density at radius 2 is 2.14 bits per heavy atom. The van der Waals surface area contributed by atoms with Crippen LogP contribution in [0.15, 0.2) is 33.0 Å². The fraction of sp³-hybridized carbons (Fsp3) is 0.350. The maximum absolute atomic E-state index is 13.7. The van der Waals surface area contributed by atoms with Gasteiger partial charge in [-0.05, 0) is 65.4 Å². The van der Waals surface area contributed by atoms with Crippen LogP contribution in [0.4, 0.5) is 4.39 Å². The SMILES string of the molecule is CN1C(=O)[C@H](C2CC2)[C@@](C)(c2cc(-c3ccc(F)c(C#N)c3)c(Br)s2)N=C1N. The highest BCUT2D eigenvalue weighted by molar-refractivity contribution is 9.11. The maximum Gasteiger partial charge on any atom is 0.235 e. The van der Waals surface area contributed by atoms with E-state index in [1.807, 2.05) is 19.1 Å². The van der Waals surface area contributed by atoms with Gasteiger partial charge in [-0.25, -0.2) is 9.38 Å². The summed E-state index contributed by atoms with van der Waals surface area (Å²) in [6.45, 7) is 1.96. The molecule has 1 aromatic heterocycles. The zero-order chi connectivity index (χ0) is 20.2. The molecule has 1 amide bonds. The molecule has 0 unspecified atom stereocenters. The molecule has 0 bridgehead atoms. The van der Waals surface area contributed by atoms with E-state index in [1.165, 1.54) is 28.4 Å². The first-order chi connectivity index (χ1) is 13.3. The third kappa shape index (κ3) is 2.93. The van der Waals surface area contributed by atoms with Crippen molar-refractivity contribution < 1.29 is 9.18 Å². The summed E-state index contributed by atoms with van der Waals surface area (Å²) in [6, 6.07) is 8.31. The number of carbonyl (C=O) groups is 1. The first-order valence-corrected chi connectivity index (χ1v) is 10.5. The Labute approximate surface area is 174 Å². The van der Waals surface area contributed by atoms with E-state index in [2.05, 4.69) is 15.9 Å². The minimum Gasteiger partial charge on any atom is -0.369 e. The first kappa shape index (κ1) is 19.1. The molecule has 0 radical (unpaired) electrons. The summed E-state index contributed by atoms with van der Waals surface area (Å²) in [4.78, 5) is 20.1. The summed E-state index contributed by atoms with van der Waals surface area (Å²) >= 11 is 5.08. The Morgan fingerprint density at radius 1 is 1.43 bits per heavy atom. The molecular weight excluding hydrogens is 443 g/mol. The lowest BCUT2D eigenvalue weighted by atomic mass is 9.79. The molecule has 2 aliphatic rings. The van der Waals surface area contributed by atoms with Crippen LogP contribution >= 0.6 is 27.3 Å². The molecule has 2 N–H and O–H groups in total. The average molecular weight is 461 g/mol. The van der Waals surface area contributed by atoms with Crippen LogP contribution in [0.3, 0.4) is 0 Å². The number of guanidine groups is 1. The van der Waals surface area contributed by atoms with Crippen molar-refractivity contribution in [3.63, 3.8) is 0 Å². The van der Waals surface area contributed by atoms with E-state index in [0.717, 1.165) is 32.6 Å². The zero-order valence-electron chi connectivity index (χ0n) is 15.4. The number of benzene rings is 1. The standard InChI is InChI=1S/C20H18BrFN4OS/c1-20(16(10-3-4-10)18(27)26(2)19(24)25-20)15-8-13(17(21)28-15)11-5-6-14(22)12(7-11)9-23/h5-8,10,16H,3-4H2,1-2H3,(H2,24,25)/t16-,20+/m0/s1. The number of hydrogen-bond donors (Lipinski definition) is 1. The molecule has 1 aliphatic carbocycles. The van der Waals surface area contributed by atoms with Gasteiger partial charge in [-0.3, -0.25) is 9.69 Å². The molecule has 2 atom stereocenters. The fourth-order valence-electron chi connectivity index (χ4n) is 3.84. The smallest absolute Gasteiger partial charge is 0.235 e. The van der Waals surface area contributed by atoms with Gasteiger partial charge in [0.2, 0.25) is 5.91 Å². The predicted octanol–water partition coefficient (Wildman–Crippen LogP) is 4.22. The Bertz CT molecular complexity index is 1050. The second kappa shape index (κ2) is 6.68. The summed E-state index contributed by atoms with van der Waals surface area (Å²) < 4.78 is 14.5. The molecule has 0 spiro atoms. The summed E-state index contributed by atoms with van der Waals surface area (Å²) in [5.41, 5.74) is 6.86. The number of nitriles is 1. The highest BCUT2D eigenvalue weighted by atomic mass is 79.9. The van der Waals surface area contributed by atoms with Gasteiger partial charge in [-0.15, -0.1) is 11.3 Å². The molecule has 5 nitrogen and oxygen atoms in total. The van der Waals surface area contributed by atoms with Crippen LogP contribution in [0.1, 0.15) is 30.2 Å². The first-order valence-electron chi connectivity index (χ1n) is 8.89. The van der Waals surface area contributed by atoms with Crippen LogP contribution in [0.25, 0.3) is 11.1 Å². The highest BCUT2D eigenvalue weighted by Crippen LogP contribution is 2.53. The van der Waals surface area contributed by atoms with Crippen molar-refractivity contribution in [1.82, 2.24) is 4.90 Å². The number of nitrogens with zero attached hydrogens (tertiary/aromatic N) is 3. The van der Waals surface area contributed by atoms with Gasteiger partial charge < -0.3 is 5.73 Å². The van der Waals surface area contributed by atoms with Crippen LogP contribution in [0, 0.1) is 29.0 Å². The molecule has 4 rings (SSSR count). The van der Waals surface area contributed by atoms with Crippen LogP contribution in [-0.4, -0.2) is 23.8 Å². The van der Waals surface area contributed by atoms with E-state index in [1.54, 1.807) is 13.1 Å². The molecule has 0 saturated heterocycles. The predicted molar refractivity (Wildman–Crippen MR) is 110 cm³/mol.